The van der Waals surface area contributed by atoms with E-state index >= 15 is 8.22 Å². The topological polar surface area (TPSA) is 0 Å². The molecule has 128 valence electrons. The molecule has 0 saturated heterocycles. The maximum absolute atomic E-state index is 16.3. The Bertz CT molecular complexity index is 298. The highest BCUT2D eigenvalue weighted by Crippen LogP contribution is 2.62. The Hall–Kier alpha value is 0.294. The van der Waals surface area contributed by atoms with Crippen molar-refractivity contribution in [2.45, 2.75) is 109 Å². The first-order valence-electron chi connectivity index (χ1n) is 8.09. The van der Waals surface area contributed by atoms with Crippen LogP contribution in [0.4, 0.5) is 8.22 Å². The second-order valence-electron chi connectivity index (χ2n) is 10.8. The average Bonchev–Trinajstić information content (AvgIpc) is 2.09. The van der Waals surface area contributed by atoms with Gasteiger partial charge in [0.15, 0.2) is 0 Å². The van der Waals surface area contributed by atoms with Gasteiger partial charge in [0.05, 0.1) is 0 Å². The van der Waals surface area contributed by atoms with Crippen molar-refractivity contribution in [2.24, 2.45) is 0 Å². The van der Waals surface area contributed by atoms with Crippen molar-refractivity contribution in [3.05, 3.63) is 0 Å². The van der Waals surface area contributed by atoms with Gasteiger partial charge < -0.3 is 8.22 Å². The molecule has 0 aromatic heterocycles. The van der Waals surface area contributed by atoms with Gasteiger partial charge >= 0.3 is 0 Å². The van der Waals surface area contributed by atoms with E-state index in [9.17, 15) is 0 Å². The Morgan fingerprint density at radius 3 is 0.714 bits per heavy atom. The molecular formula is C17H38F2Si2. The van der Waals surface area contributed by atoms with E-state index in [-0.39, 0.29) is 5.67 Å². The lowest BCUT2D eigenvalue weighted by Gasteiger charge is -2.53. The first-order chi connectivity index (χ1) is 8.71. The van der Waals surface area contributed by atoms with Crippen molar-refractivity contribution in [1.82, 2.24) is 0 Å². The smallest absolute Gasteiger partial charge is 0.257 e. The fourth-order valence-corrected chi connectivity index (χ4v) is 19.3. The molecule has 0 aromatic carbocycles. The Labute approximate surface area is 134 Å². The molecular weight excluding hydrogens is 298 g/mol. The van der Waals surface area contributed by atoms with Crippen molar-refractivity contribution >= 4 is 16.8 Å². The summed E-state index contributed by atoms with van der Waals surface area (Å²) in [7, 11) is -6.64. The molecule has 0 heterocycles. The van der Waals surface area contributed by atoms with Crippen LogP contribution in [0, 0.1) is 0 Å². The predicted octanol–water partition coefficient (Wildman–Crippen LogP) is 7.56. The van der Waals surface area contributed by atoms with Crippen molar-refractivity contribution in [3.8, 4) is 0 Å². The summed E-state index contributed by atoms with van der Waals surface area (Å²) in [6.07, 6.45) is 0. The molecule has 0 aromatic rings. The quantitative estimate of drug-likeness (QED) is 0.360. The fourth-order valence-electron chi connectivity index (χ4n) is 3.65. The Morgan fingerprint density at radius 2 is 0.619 bits per heavy atom. The van der Waals surface area contributed by atoms with E-state index in [1.165, 1.54) is 0 Å². The molecule has 0 saturated carbocycles. The van der Waals surface area contributed by atoms with Crippen LogP contribution in [-0.4, -0.2) is 16.8 Å². The Balaban J connectivity index is 6.15. The Kier molecular flexibility index (Phi) is 5.51. The number of halogens is 2. The van der Waals surface area contributed by atoms with Gasteiger partial charge in [0, 0.05) is 0 Å². The highest BCUT2D eigenvalue weighted by Gasteiger charge is 2.66. The lowest BCUT2D eigenvalue weighted by Crippen LogP contribution is -2.59. The molecule has 0 fully saturated rings. The second-order valence-corrected chi connectivity index (χ2v) is 21.4. The number of hydrogen-bond donors (Lipinski definition) is 0. The third-order valence-electron chi connectivity index (χ3n) is 5.24. The second kappa shape index (κ2) is 5.43. The summed E-state index contributed by atoms with van der Waals surface area (Å²) in [6.45, 7) is 23.6. The molecule has 4 heteroatoms. The van der Waals surface area contributed by atoms with Gasteiger partial charge in [-0.1, -0.05) is 83.1 Å². The SMILES string of the molecule is CC(C)(C)[Si](F)(C[Si](F)(C(C)(C)C)C(C)(C)C)C(C)(C)C. The largest absolute Gasteiger partial charge is 0.313 e. The third kappa shape index (κ3) is 3.80. The molecule has 0 aliphatic heterocycles. The number of rotatable bonds is 2. The van der Waals surface area contributed by atoms with Crippen LogP contribution in [0.3, 0.4) is 0 Å². The molecule has 21 heavy (non-hydrogen) atoms. The van der Waals surface area contributed by atoms with Crippen LogP contribution in [0.1, 0.15) is 83.1 Å². The average molecular weight is 337 g/mol. The van der Waals surface area contributed by atoms with Gasteiger partial charge in [0.2, 0.25) is 0 Å². The van der Waals surface area contributed by atoms with Gasteiger partial charge in [-0.3, -0.25) is 0 Å². The van der Waals surface area contributed by atoms with Crippen LogP contribution in [0.25, 0.3) is 0 Å². The maximum Gasteiger partial charge on any atom is 0.257 e. The lowest BCUT2D eigenvalue weighted by molar-refractivity contribution is 0.485. The fraction of sp³-hybridized carbons (Fsp3) is 1.00. The molecule has 0 aliphatic rings. The van der Waals surface area contributed by atoms with Crippen molar-refractivity contribution in [1.29, 1.82) is 0 Å². The van der Waals surface area contributed by atoms with E-state index in [1.807, 2.05) is 83.1 Å². The molecule has 0 unspecified atom stereocenters. The zero-order valence-corrected chi connectivity index (χ0v) is 18.5. The third-order valence-corrected chi connectivity index (χ3v) is 18.7. The summed E-state index contributed by atoms with van der Waals surface area (Å²) < 4.78 is 32.6. The molecule has 0 amide bonds. The van der Waals surface area contributed by atoms with Crippen LogP contribution in [0.2, 0.25) is 25.8 Å². The maximum atomic E-state index is 16.3. The minimum Gasteiger partial charge on any atom is -0.313 e. The summed E-state index contributed by atoms with van der Waals surface area (Å²) in [5, 5.41) is -1.81. The summed E-state index contributed by atoms with van der Waals surface area (Å²) in [5.74, 6) is 0. The minimum absolute atomic E-state index is 0.194. The van der Waals surface area contributed by atoms with E-state index in [0.29, 0.717) is 0 Å². The van der Waals surface area contributed by atoms with Gasteiger partial charge in [0.25, 0.3) is 16.8 Å². The summed E-state index contributed by atoms with van der Waals surface area (Å²) in [6, 6.07) is 0. The van der Waals surface area contributed by atoms with Crippen molar-refractivity contribution < 1.29 is 8.22 Å². The predicted molar refractivity (Wildman–Crippen MR) is 97.4 cm³/mol. The summed E-state index contributed by atoms with van der Waals surface area (Å²) in [5.41, 5.74) is 0.194. The highest BCUT2D eigenvalue weighted by atomic mass is 28.4. The molecule has 0 N–H and O–H groups in total. The molecule has 0 rings (SSSR count). The first-order valence-corrected chi connectivity index (χ1v) is 12.3. The summed E-state index contributed by atoms with van der Waals surface area (Å²) >= 11 is 0. The number of hydrogen-bond acceptors (Lipinski definition) is 0. The Morgan fingerprint density at radius 1 is 0.476 bits per heavy atom. The van der Waals surface area contributed by atoms with Gasteiger partial charge in [-0.05, 0) is 25.8 Å². The molecule has 0 atom stereocenters. The minimum atomic E-state index is -3.32. The standard InChI is InChI=1S/C17H38F2Si2/c1-14(2,3)20(18,15(4,5)6)13-21(19,16(7,8)9)17(10,11)12/h13H2,1-12H3. The molecule has 0 aliphatic carbocycles. The zero-order valence-electron chi connectivity index (χ0n) is 16.5. The first kappa shape index (κ1) is 21.3. The lowest BCUT2D eigenvalue weighted by atomic mass is 10.2. The van der Waals surface area contributed by atoms with Crippen LogP contribution >= 0.6 is 0 Å². The zero-order chi connectivity index (χ0) is 17.7. The van der Waals surface area contributed by atoms with E-state index in [2.05, 4.69) is 0 Å². The van der Waals surface area contributed by atoms with E-state index in [1.54, 1.807) is 0 Å². The van der Waals surface area contributed by atoms with Gasteiger partial charge in [-0.2, -0.15) is 0 Å². The van der Waals surface area contributed by atoms with E-state index < -0.39 is 37.0 Å². The van der Waals surface area contributed by atoms with Crippen molar-refractivity contribution in [3.63, 3.8) is 0 Å². The van der Waals surface area contributed by atoms with Gasteiger partial charge in [-0.15, -0.1) is 0 Å². The van der Waals surface area contributed by atoms with Gasteiger partial charge in [-0.25, -0.2) is 0 Å². The monoisotopic (exact) mass is 336 g/mol. The van der Waals surface area contributed by atoms with E-state index in [0.717, 1.165) is 0 Å². The normalized spacial score (nSPS) is 16.3. The van der Waals surface area contributed by atoms with Gasteiger partial charge in [0.1, 0.15) is 0 Å². The van der Waals surface area contributed by atoms with Crippen LogP contribution in [0.15, 0.2) is 0 Å². The van der Waals surface area contributed by atoms with Crippen LogP contribution in [-0.2, 0) is 0 Å². The van der Waals surface area contributed by atoms with Crippen LogP contribution < -0.4 is 0 Å². The molecule has 0 bridgehead atoms. The highest BCUT2D eigenvalue weighted by molar-refractivity contribution is 6.96. The van der Waals surface area contributed by atoms with Crippen LogP contribution in [0.5, 0.6) is 0 Å². The summed E-state index contributed by atoms with van der Waals surface area (Å²) in [4.78, 5) is 0. The molecule has 0 radical (unpaired) electrons. The van der Waals surface area contributed by atoms with E-state index in [4.69, 9.17) is 0 Å². The van der Waals surface area contributed by atoms with Crippen molar-refractivity contribution in [2.75, 3.05) is 0 Å². The molecule has 0 nitrogen and oxygen atoms in total. The molecule has 0 spiro atoms.